The summed E-state index contributed by atoms with van der Waals surface area (Å²) in [6.45, 7) is 1.70. The van der Waals surface area contributed by atoms with Crippen LogP contribution < -0.4 is 0 Å². The van der Waals surface area contributed by atoms with Gasteiger partial charge in [-0.15, -0.1) is 0 Å². The van der Waals surface area contributed by atoms with Crippen LogP contribution in [-0.4, -0.2) is 35.0 Å². The van der Waals surface area contributed by atoms with Gasteiger partial charge >= 0.3 is 5.97 Å². The van der Waals surface area contributed by atoms with Crippen molar-refractivity contribution >= 4 is 11.9 Å². The fraction of sp³-hybridized carbons (Fsp3) is 0.875. The molecule has 1 N–H and O–H groups in total. The molecular formula is C16H25NO3. The number of aliphatic carboxylic acids is 1. The normalized spacial score (nSPS) is 32.7. The predicted octanol–water partition coefficient (Wildman–Crippen LogP) is 2.67. The van der Waals surface area contributed by atoms with Crippen LogP contribution in [0.5, 0.6) is 0 Å². The minimum atomic E-state index is -0.787. The van der Waals surface area contributed by atoms with Gasteiger partial charge in [-0.25, -0.2) is 0 Å². The number of likely N-dealkylation sites (tertiary alicyclic amines) is 1. The fourth-order valence-corrected chi connectivity index (χ4v) is 4.61. The molecule has 1 saturated heterocycles. The molecule has 1 heterocycles. The third-order valence-electron chi connectivity index (χ3n) is 5.95. The van der Waals surface area contributed by atoms with E-state index in [-0.39, 0.29) is 11.8 Å². The molecule has 0 aromatic rings. The maximum atomic E-state index is 12.6. The van der Waals surface area contributed by atoms with Crippen molar-refractivity contribution in [1.29, 1.82) is 0 Å². The summed E-state index contributed by atoms with van der Waals surface area (Å²) in [5, 5.41) is 9.23. The highest BCUT2D eigenvalue weighted by Gasteiger charge is 2.43. The lowest BCUT2D eigenvalue weighted by molar-refractivity contribution is -0.150. The van der Waals surface area contributed by atoms with E-state index in [1.165, 1.54) is 25.7 Å². The molecule has 1 amide bonds. The number of carbonyl (C=O) groups is 2. The van der Waals surface area contributed by atoms with E-state index < -0.39 is 11.9 Å². The van der Waals surface area contributed by atoms with Crippen LogP contribution in [0.2, 0.25) is 0 Å². The van der Waals surface area contributed by atoms with Gasteiger partial charge in [-0.3, -0.25) is 9.59 Å². The molecule has 4 nitrogen and oxygen atoms in total. The summed E-state index contributed by atoms with van der Waals surface area (Å²) in [4.78, 5) is 25.8. The molecule has 0 radical (unpaired) electrons. The summed E-state index contributed by atoms with van der Waals surface area (Å²) in [5.74, 6) is -1.37. The molecule has 3 rings (SSSR count). The zero-order chi connectivity index (χ0) is 14.2. The van der Waals surface area contributed by atoms with E-state index in [0.717, 1.165) is 38.8 Å². The van der Waals surface area contributed by atoms with Crippen LogP contribution in [0, 0.1) is 17.3 Å². The second-order valence-corrected chi connectivity index (χ2v) is 7.01. The Bertz CT molecular complexity index is 391. The molecule has 0 aromatic heterocycles. The van der Waals surface area contributed by atoms with Gasteiger partial charge in [0, 0.05) is 13.1 Å². The zero-order valence-electron chi connectivity index (χ0n) is 12.1. The number of hydrogen-bond donors (Lipinski definition) is 1. The number of rotatable bonds is 2. The van der Waals surface area contributed by atoms with Crippen molar-refractivity contribution in [3.63, 3.8) is 0 Å². The van der Waals surface area contributed by atoms with E-state index >= 15 is 0 Å². The molecule has 2 aliphatic carbocycles. The van der Waals surface area contributed by atoms with Gasteiger partial charge in [0.2, 0.25) is 5.91 Å². The lowest BCUT2D eigenvalue weighted by Gasteiger charge is -2.40. The number of carboxylic acids is 1. The molecule has 1 aliphatic heterocycles. The van der Waals surface area contributed by atoms with Crippen LogP contribution in [0.15, 0.2) is 0 Å². The summed E-state index contributed by atoms with van der Waals surface area (Å²) in [5.41, 5.74) is 0.513. The van der Waals surface area contributed by atoms with Crippen LogP contribution in [0.4, 0.5) is 0 Å². The Morgan fingerprint density at radius 2 is 1.50 bits per heavy atom. The van der Waals surface area contributed by atoms with E-state index in [1.807, 2.05) is 4.90 Å². The van der Waals surface area contributed by atoms with Crippen molar-refractivity contribution in [2.45, 2.75) is 57.8 Å². The third kappa shape index (κ3) is 2.45. The van der Waals surface area contributed by atoms with Gasteiger partial charge in [0.15, 0.2) is 0 Å². The van der Waals surface area contributed by atoms with Gasteiger partial charge in [-0.1, -0.05) is 19.3 Å². The standard InChI is InChI=1S/C16H25NO3/c18-14(12-4-3-5-13(12)15(19)20)17-10-8-16(9-11-17)6-1-2-7-16/h12-13H,1-11H2,(H,19,20)/t12-,13+/m1/s1. The van der Waals surface area contributed by atoms with Gasteiger partial charge in [-0.2, -0.15) is 0 Å². The third-order valence-corrected chi connectivity index (χ3v) is 5.95. The van der Waals surface area contributed by atoms with Gasteiger partial charge in [-0.05, 0) is 43.9 Å². The summed E-state index contributed by atoms with van der Waals surface area (Å²) in [7, 11) is 0. The molecule has 0 bridgehead atoms. The molecular weight excluding hydrogens is 254 g/mol. The second kappa shape index (κ2) is 5.38. The highest BCUT2D eigenvalue weighted by molar-refractivity contribution is 5.85. The first-order chi connectivity index (χ1) is 9.61. The van der Waals surface area contributed by atoms with E-state index in [0.29, 0.717) is 11.8 Å². The zero-order valence-corrected chi connectivity index (χ0v) is 12.1. The quantitative estimate of drug-likeness (QED) is 0.845. The molecule has 2 atom stereocenters. The van der Waals surface area contributed by atoms with E-state index in [1.54, 1.807) is 0 Å². The first kappa shape index (κ1) is 13.9. The topological polar surface area (TPSA) is 57.6 Å². The van der Waals surface area contributed by atoms with Crippen molar-refractivity contribution in [2.75, 3.05) is 13.1 Å². The van der Waals surface area contributed by atoms with E-state index in [2.05, 4.69) is 0 Å². The second-order valence-electron chi connectivity index (χ2n) is 7.01. The first-order valence-electron chi connectivity index (χ1n) is 8.13. The Labute approximate surface area is 120 Å². The summed E-state index contributed by atoms with van der Waals surface area (Å²) < 4.78 is 0. The van der Waals surface area contributed by atoms with E-state index in [9.17, 15) is 14.7 Å². The Morgan fingerprint density at radius 3 is 2.10 bits per heavy atom. The largest absolute Gasteiger partial charge is 0.481 e. The number of carboxylic acid groups (broad SMARTS) is 1. The predicted molar refractivity (Wildman–Crippen MR) is 75.2 cm³/mol. The Morgan fingerprint density at radius 1 is 0.900 bits per heavy atom. The average molecular weight is 279 g/mol. The van der Waals surface area contributed by atoms with Crippen LogP contribution in [0.3, 0.4) is 0 Å². The summed E-state index contributed by atoms with van der Waals surface area (Å²) in [6.07, 6.45) is 9.92. The Kier molecular flexibility index (Phi) is 3.74. The van der Waals surface area contributed by atoms with E-state index in [4.69, 9.17) is 0 Å². The van der Waals surface area contributed by atoms with Crippen molar-refractivity contribution in [1.82, 2.24) is 4.90 Å². The van der Waals surface area contributed by atoms with Crippen LogP contribution in [-0.2, 0) is 9.59 Å². The minimum Gasteiger partial charge on any atom is -0.481 e. The molecule has 2 saturated carbocycles. The van der Waals surface area contributed by atoms with Crippen molar-refractivity contribution in [3.05, 3.63) is 0 Å². The lowest BCUT2D eigenvalue weighted by atomic mass is 9.77. The monoisotopic (exact) mass is 279 g/mol. The lowest BCUT2D eigenvalue weighted by Crippen LogP contribution is -2.46. The maximum absolute atomic E-state index is 12.6. The first-order valence-corrected chi connectivity index (χ1v) is 8.13. The highest BCUT2D eigenvalue weighted by Crippen LogP contribution is 2.46. The average Bonchev–Trinajstić information content (AvgIpc) is 3.08. The summed E-state index contributed by atoms with van der Waals surface area (Å²) >= 11 is 0. The Hall–Kier alpha value is -1.06. The number of nitrogens with zero attached hydrogens (tertiary/aromatic N) is 1. The van der Waals surface area contributed by atoms with Gasteiger partial charge in [0.1, 0.15) is 0 Å². The van der Waals surface area contributed by atoms with Crippen LogP contribution in [0.1, 0.15) is 57.8 Å². The molecule has 0 aromatic carbocycles. The molecule has 1 spiro atoms. The molecule has 3 fully saturated rings. The van der Waals surface area contributed by atoms with Gasteiger partial charge in [0.25, 0.3) is 0 Å². The van der Waals surface area contributed by atoms with Gasteiger partial charge in [0.05, 0.1) is 11.8 Å². The molecule has 20 heavy (non-hydrogen) atoms. The van der Waals surface area contributed by atoms with Crippen molar-refractivity contribution < 1.29 is 14.7 Å². The smallest absolute Gasteiger partial charge is 0.307 e. The number of hydrogen-bond acceptors (Lipinski definition) is 2. The number of amides is 1. The fourth-order valence-electron chi connectivity index (χ4n) is 4.61. The van der Waals surface area contributed by atoms with Crippen molar-refractivity contribution in [2.24, 2.45) is 17.3 Å². The molecule has 4 heteroatoms. The SMILES string of the molecule is O=C(O)[C@H]1CCC[C@H]1C(=O)N1CCC2(CCCC2)CC1. The summed E-state index contributed by atoms with van der Waals surface area (Å²) in [6, 6.07) is 0. The highest BCUT2D eigenvalue weighted by atomic mass is 16.4. The van der Waals surface area contributed by atoms with Gasteiger partial charge < -0.3 is 10.0 Å². The number of carbonyl (C=O) groups excluding carboxylic acids is 1. The molecule has 3 aliphatic rings. The van der Waals surface area contributed by atoms with Crippen LogP contribution >= 0.6 is 0 Å². The minimum absolute atomic E-state index is 0.114. The molecule has 112 valence electrons. The molecule has 0 unspecified atom stereocenters. The van der Waals surface area contributed by atoms with Crippen molar-refractivity contribution in [3.8, 4) is 0 Å². The Balaban J connectivity index is 1.60. The van der Waals surface area contributed by atoms with Crippen LogP contribution in [0.25, 0.3) is 0 Å². The maximum Gasteiger partial charge on any atom is 0.307 e. The number of piperidine rings is 1.